The Hall–Kier alpha value is -2.58. The number of carbonyl (C=O) groups is 3. The molecule has 2 saturated heterocycles. The molecule has 2 amide bonds. The number of carbonyl (C=O) groups excluding carboxylic acids is 3. The number of aliphatic hydroxyl groups excluding tert-OH is 1. The molecule has 0 aliphatic carbocycles. The molecule has 4 aliphatic rings. The van der Waals surface area contributed by atoms with Crippen molar-refractivity contribution in [2.45, 2.75) is 55.7 Å². The van der Waals surface area contributed by atoms with Gasteiger partial charge in [0.25, 0.3) is 5.91 Å². The molecule has 0 radical (unpaired) electrons. The van der Waals surface area contributed by atoms with Crippen LogP contribution in [-0.4, -0.2) is 69.6 Å². The maximum Gasteiger partial charge on any atom is 0.311 e. The van der Waals surface area contributed by atoms with Crippen molar-refractivity contribution in [1.29, 1.82) is 0 Å². The van der Waals surface area contributed by atoms with Gasteiger partial charge in [0.1, 0.15) is 6.04 Å². The monoisotopic (exact) mass is 496 g/mol. The fourth-order valence-corrected chi connectivity index (χ4v) is 8.27. The van der Waals surface area contributed by atoms with Crippen molar-refractivity contribution in [2.24, 2.45) is 11.8 Å². The van der Waals surface area contributed by atoms with E-state index in [-0.39, 0.29) is 36.2 Å². The maximum absolute atomic E-state index is 14.4. The second kappa shape index (κ2) is 9.13. The molecule has 1 spiro atoms. The lowest BCUT2D eigenvalue weighted by Gasteiger charge is -2.38. The highest BCUT2D eigenvalue weighted by Gasteiger charge is 2.71. The third-order valence-electron chi connectivity index (χ3n) is 7.84. The Balaban J connectivity index is 1.68. The van der Waals surface area contributed by atoms with Crippen LogP contribution in [0.15, 0.2) is 42.5 Å². The van der Waals surface area contributed by atoms with Gasteiger partial charge in [0, 0.05) is 17.5 Å². The maximum atomic E-state index is 14.4. The number of nitrogens with zero attached hydrogens (tertiary/aromatic N) is 2. The lowest BCUT2D eigenvalue weighted by Crippen LogP contribution is -2.56. The van der Waals surface area contributed by atoms with E-state index < -0.39 is 28.7 Å². The zero-order valence-corrected chi connectivity index (χ0v) is 21.2. The molecular formula is C27H32N2O5S. The van der Waals surface area contributed by atoms with Crippen molar-refractivity contribution in [3.05, 3.63) is 53.6 Å². The molecular weight excluding hydrogens is 464 g/mol. The van der Waals surface area contributed by atoms with Gasteiger partial charge in [-0.1, -0.05) is 49.4 Å². The molecule has 4 aliphatic heterocycles. The van der Waals surface area contributed by atoms with E-state index >= 15 is 0 Å². The predicted octanol–water partition coefficient (Wildman–Crippen LogP) is 2.78. The number of hydrogen-bond acceptors (Lipinski definition) is 6. The first-order valence-electron chi connectivity index (χ1n) is 12.3. The first-order chi connectivity index (χ1) is 16.9. The van der Waals surface area contributed by atoms with Crippen LogP contribution < -0.4 is 4.90 Å². The van der Waals surface area contributed by atoms with Crippen LogP contribution in [0.2, 0.25) is 0 Å². The summed E-state index contributed by atoms with van der Waals surface area (Å²) < 4.78 is 4.60. The number of para-hydroxylation sites is 1. The molecule has 35 heavy (non-hydrogen) atoms. The summed E-state index contributed by atoms with van der Waals surface area (Å²) in [4.78, 5) is 45.1. The van der Waals surface area contributed by atoms with Gasteiger partial charge in [0.2, 0.25) is 5.91 Å². The number of fused-ring (bicyclic) bond motifs is 2. The smallest absolute Gasteiger partial charge is 0.311 e. The molecule has 6 atom stereocenters. The zero-order chi connectivity index (χ0) is 24.9. The van der Waals surface area contributed by atoms with Crippen LogP contribution in [-0.2, 0) is 19.1 Å². The summed E-state index contributed by atoms with van der Waals surface area (Å²) >= 11 is 1.53. The highest BCUT2D eigenvalue weighted by molar-refractivity contribution is 8.02. The summed E-state index contributed by atoms with van der Waals surface area (Å²) in [5.41, 5.74) is 2.81. The Labute approximate surface area is 210 Å². The van der Waals surface area contributed by atoms with Crippen LogP contribution in [0.3, 0.4) is 0 Å². The number of aliphatic hydroxyl groups is 1. The largest absolute Gasteiger partial charge is 0.465 e. The number of thioether (sulfide) groups is 1. The minimum atomic E-state index is -0.912. The van der Waals surface area contributed by atoms with Crippen molar-refractivity contribution in [3.8, 4) is 0 Å². The fourth-order valence-electron chi connectivity index (χ4n) is 6.29. The molecule has 1 aromatic carbocycles. The number of amides is 2. The Morgan fingerprint density at radius 1 is 1.17 bits per heavy atom. The summed E-state index contributed by atoms with van der Waals surface area (Å²) in [6.45, 7) is 6.28. The molecule has 4 heterocycles. The van der Waals surface area contributed by atoms with Gasteiger partial charge in [-0.15, -0.1) is 11.8 Å². The predicted molar refractivity (Wildman–Crippen MR) is 135 cm³/mol. The molecule has 1 N–H and O–H groups in total. The van der Waals surface area contributed by atoms with E-state index in [9.17, 15) is 19.5 Å². The van der Waals surface area contributed by atoms with Crippen molar-refractivity contribution < 1.29 is 24.2 Å². The first-order valence-corrected chi connectivity index (χ1v) is 13.2. The molecule has 0 bridgehead atoms. The SMILES string of the molecule is CC[C@@H](CO)N1C(=O)[C@@H]2[C@H]3C(=O)OCCC=C[C@H]3S[C@@]23C=CCN(c2c(C)cccc2C)C(=O)C13. The van der Waals surface area contributed by atoms with Crippen LogP contribution in [0.4, 0.5) is 5.69 Å². The molecule has 0 aromatic heterocycles. The number of rotatable bonds is 4. The molecule has 1 aromatic rings. The van der Waals surface area contributed by atoms with E-state index in [4.69, 9.17) is 4.74 Å². The summed E-state index contributed by atoms with van der Waals surface area (Å²) in [5, 5.41) is 9.95. The van der Waals surface area contributed by atoms with Crippen LogP contribution in [0.25, 0.3) is 0 Å². The third kappa shape index (κ3) is 3.56. The summed E-state index contributed by atoms with van der Waals surface area (Å²) in [6, 6.07) is 4.60. The second-order valence-corrected chi connectivity index (χ2v) is 11.3. The van der Waals surface area contributed by atoms with E-state index in [0.717, 1.165) is 16.8 Å². The number of cyclic esters (lactones) is 1. The average Bonchev–Trinajstić information content (AvgIpc) is 3.20. The second-order valence-electron chi connectivity index (χ2n) is 9.81. The van der Waals surface area contributed by atoms with Gasteiger partial charge in [0.15, 0.2) is 0 Å². The Bertz CT molecular complexity index is 1090. The first kappa shape index (κ1) is 24.1. The molecule has 2 fully saturated rings. The topological polar surface area (TPSA) is 87.2 Å². The van der Waals surface area contributed by atoms with E-state index in [0.29, 0.717) is 19.4 Å². The van der Waals surface area contributed by atoms with Crippen LogP contribution in [0.5, 0.6) is 0 Å². The van der Waals surface area contributed by atoms with E-state index in [1.54, 1.807) is 9.80 Å². The third-order valence-corrected chi connectivity index (χ3v) is 9.59. The van der Waals surface area contributed by atoms with Gasteiger partial charge in [-0.25, -0.2) is 0 Å². The van der Waals surface area contributed by atoms with E-state index in [1.165, 1.54) is 11.8 Å². The van der Waals surface area contributed by atoms with Gasteiger partial charge < -0.3 is 19.6 Å². The van der Waals surface area contributed by atoms with Gasteiger partial charge >= 0.3 is 5.97 Å². The summed E-state index contributed by atoms with van der Waals surface area (Å²) in [6.07, 6.45) is 9.10. The number of likely N-dealkylation sites (tertiary alicyclic amines) is 1. The highest BCUT2D eigenvalue weighted by Crippen LogP contribution is 2.61. The fraction of sp³-hybridized carbons (Fsp3) is 0.519. The standard InChI is InChI=1S/C27H32N2O5S/c1-4-18(15-30)29-23-25(32)28(22-16(2)9-7-10-17(22)3)13-8-12-27(23)21(24(29)31)20-19(35-27)11-5-6-14-34-26(20)33/h5,7-12,18-21,23,30H,4,6,13-15H2,1-3H3/t18-,19+,20-,21-,23?,27-/m0/s1. The average molecular weight is 497 g/mol. The molecule has 0 saturated carbocycles. The highest BCUT2D eigenvalue weighted by atomic mass is 32.2. The van der Waals surface area contributed by atoms with Crippen molar-refractivity contribution in [2.75, 3.05) is 24.7 Å². The normalized spacial score (nSPS) is 33.0. The van der Waals surface area contributed by atoms with Crippen molar-refractivity contribution in [1.82, 2.24) is 4.90 Å². The van der Waals surface area contributed by atoms with Gasteiger partial charge in [-0.3, -0.25) is 14.4 Å². The lowest BCUT2D eigenvalue weighted by molar-refractivity contribution is -0.153. The zero-order valence-electron chi connectivity index (χ0n) is 20.3. The van der Waals surface area contributed by atoms with Crippen molar-refractivity contribution in [3.63, 3.8) is 0 Å². The molecule has 8 heteroatoms. The number of anilines is 1. The molecule has 7 nitrogen and oxygen atoms in total. The van der Waals surface area contributed by atoms with Crippen LogP contribution in [0, 0.1) is 25.7 Å². The minimum Gasteiger partial charge on any atom is -0.465 e. The minimum absolute atomic E-state index is 0.172. The lowest BCUT2D eigenvalue weighted by atomic mass is 9.78. The molecule has 1 unspecified atom stereocenters. The van der Waals surface area contributed by atoms with Crippen molar-refractivity contribution >= 4 is 35.2 Å². The van der Waals surface area contributed by atoms with Gasteiger partial charge in [0.05, 0.1) is 35.8 Å². The molecule has 186 valence electrons. The Morgan fingerprint density at radius 2 is 1.91 bits per heavy atom. The summed E-state index contributed by atoms with van der Waals surface area (Å²) in [7, 11) is 0. The Morgan fingerprint density at radius 3 is 2.60 bits per heavy atom. The van der Waals surface area contributed by atoms with E-state index in [1.807, 2.05) is 63.3 Å². The Kier molecular flexibility index (Phi) is 6.30. The van der Waals surface area contributed by atoms with Crippen LogP contribution >= 0.6 is 11.8 Å². The number of aryl methyl sites for hydroxylation is 2. The number of ether oxygens (including phenoxy) is 1. The molecule has 5 rings (SSSR count). The van der Waals surface area contributed by atoms with Gasteiger partial charge in [-0.05, 0) is 37.8 Å². The quantitative estimate of drug-likeness (QED) is 0.510. The van der Waals surface area contributed by atoms with Crippen LogP contribution in [0.1, 0.15) is 30.9 Å². The van der Waals surface area contributed by atoms with Gasteiger partial charge in [-0.2, -0.15) is 0 Å². The number of benzene rings is 1. The number of hydrogen-bond donors (Lipinski definition) is 1. The van der Waals surface area contributed by atoms with E-state index in [2.05, 4.69) is 0 Å². The summed E-state index contributed by atoms with van der Waals surface area (Å²) in [5.74, 6) is -2.19. The number of esters is 1.